The third-order valence-corrected chi connectivity index (χ3v) is 3.66. The average Bonchev–Trinajstić information content (AvgIpc) is 2.74. The fourth-order valence-electron chi connectivity index (χ4n) is 2.04. The van der Waals surface area contributed by atoms with E-state index in [4.69, 9.17) is 5.73 Å². The van der Waals surface area contributed by atoms with Crippen molar-refractivity contribution in [2.24, 2.45) is 5.73 Å². The van der Waals surface area contributed by atoms with Crippen molar-refractivity contribution < 1.29 is 0 Å². The molecule has 0 amide bonds. The van der Waals surface area contributed by atoms with Crippen LogP contribution in [-0.4, -0.2) is 9.59 Å². The highest BCUT2D eigenvalue weighted by atomic mass is 32.1. The molecule has 0 saturated carbocycles. The SMILES string of the molecule is CCc1nnsc1C(N)c1cc(C)cc(C)c1. The minimum atomic E-state index is -0.108. The normalized spacial score (nSPS) is 12.7. The van der Waals surface area contributed by atoms with Gasteiger partial charge >= 0.3 is 0 Å². The van der Waals surface area contributed by atoms with Crippen LogP contribution in [0.25, 0.3) is 0 Å². The molecule has 0 saturated heterocycles. The molecule has 0 aliphatic heterocycles. The Balaban J connectivity index is 2.39. The molecule has 0 aliphatic carbocycles. The summed E-state index contributed by atoms with van der Waals surface area (Å²) in [5.74, 6) is 0. The Bertz CT molecular complexity index is 499. The van der Waals surface area contributed by atoms with Gasteiger partial charge in [0.15, 0.2) is 0 Å². The lowest BCUT2D eigenvalue weighted by Gasteiger charge is -2.12. The molecule has 0 bridgehead atoms. The van der Waals surface area contributed by atoms with Crippen molar-refractivity contribution in [2.45, 2.75) is 33.2 Å². The standard InChI is InChI=1S/C13H17N3S/c1-4-11-13(17-16-15-11)12(14)10-6-8(2)5-9(3)7-10/h5-7,12H,4,14H2,1-3H3. The number of nitrogens with zero attached hydrogens (tertiary/aromatic N) is 2. The van der Waals surface area contributed by atoms with Gasteiger partial charge in [-0.2, -0.15) is 0 Å². The molecule has 4 heteroatoms. The van der Waals surface area contributed by atoms with Crippen LogP contribution in [0.4, 0.5) is 0 Å². The Morgan fingerprint density at radius 1 is 1.24 bits per heavy atom. The molecule has 3 nitrogen and oxygen atoms in total. The van der Waals surface area contributed by atoms with Gasteiger partial charge in [0.25, 0.3) is 0 Å². The Morgan fingerprint density at radius 2 is 1.88 bits per heavy atom. The molecule has 1 unspecified atom stereocenters. The van der Waals surface area contributed by atoms with Crippen molar-refractivity contribution in [1.29, 1.82) is 0 Å². The summed E-state index contributed by atoms with van der Waals surface area (Å²) in [6.07, 6.45) is 0.879. The molecular formula is C13H17N3S. The predicted octanol–water partition coefficient (Wildman–Crippen LogP) is 2.77. The second-order valence-electron chi connectivity index (χ2n) is 4.34. The van der Waals surface area contributed by atoms with Crippen LogP contribution in [0.3, 0.4) is 0 Å². The van der Waals surface area contributed by atoms with E-state index in [1.165, 1.54) is 22.7 Å². The van der Waals surface area contributed by atoms with Crippen LogP contribution < -0.4 is 5.73 Å². The largest absolute Gasteiger partial charge is 0.320 e. The molecule has 0 radical (unpaired) electrons. The summed E-state index contributed by atoms with van der Waals surface area (Å²) in [7, 11) is 0. The minimum Gasteiger partial charge on any atom is -0.320 e. The number of aryl methyl sites for hydroxylation is 3. The highest BCUT2D eigenvalue weighted by molar-refractivity contribution is 7.05. The molecule has 1 heterocycles. The summed E-state index contributed by atoms with van der Waals surface area (Å²) >= 11 is 1.40. The fourth-order valence-corrected chi connectivity index (χ4v) is 2.81. The van der Waals surface area contributed by atoms with Crippen molar-refractivity contribution in [3.63, 3.8) is 0 Å². The van der Waals surface area contributed by atoms with E-state index in [-0.39, 0.29) is 6.04 Å². The van der Waals surface area contributed by atoms with Gasteiger partial charge in [0, 0.05) is 0 Å². The lowest BCUT2D eigenvalue weighted by atomic mass is 10.00. The first-order valence-corrected chi connectivity index (χ1v) is 6.54. The van der Waals surface area contributed by atoms with Crippen LogP contribution in [0.5, 0.6) is 0 Å². The topological polar surface area (TPSA) is 51.8 Å². The first-order chi connectivity index (χ1) is 8.11. The van der Waals surface area contributed by atoms with Gasteiger partial charge in [0.05, 0.1) is 16.6 Å². The van der Waals surface area contributed by atoms with E-state index in [0.717, 1.165) is 22.6 Å². The number of nitrogens with two attached hydrogens (primary N) is 1. The number of hydrogen-bond acceptors (Lipinski definition) is 4. The lowest BCUT2D eigenvalue weighted by molar-refractivity contribution is 0.851. The molecular weight excluding hydrogens is 230 g/mol. The Labute approximate surface area is 106 Å². The van der Waals surface area contributed by atoms with Gasteiger partial charge in [-0.05, 0) is 37.4 Å². The molecule has 0 spiro atoms. The maximum atomic E-state index is 6.31. The van der Waals surface area contributed by atoms with E-state index >= 15 is 0 Å². The third kappa shape index (κ3) is 2.53. The zero-order valence-corrected chi connectivity index (χ0v) is 11.2. The van der Waals surface area contributed by atoms with E-state index in [9.17, 15) is 0 Å². The zero-order valence-electron chi connectivity index (χ0n) is 10.4. The zero-order chi connectivity index (χ0) is 12.4. The second-order valence-corrected chi connectivity index (χ2v) is 5.12. The molecule has 17 heavy (non-hydrogen) atoms. The van der Waals surface area contributed by atoms with Crippen LogP contribution >= 0.6 is 11.5 Å². The first-order valence-electron chi connectivity index (χ1n) is 5.76. The van der Waals surface area contributed by atoms with Crippen molar-refractivity contribution in [3.8, 4) is 0 Å². The summed E-state index contributed by atoms with van der Waals surface area (Å²) in [6.45, 7) is 6.26. The molecule has 1 atom stereocenters. The molecule has 0 aliphatic rings. The Hall–Kier alpha value is -1.26. The summed E-state index contributed by atoms with van der Waals surface area (Å²) in [5, 5.41) is 4.11. The summed E-state index contributed by atoms with van der Waals surface area (Å²) in [5.41, 5.74) is 10.9. The Kier molecular flexibility index (Phi) is 3.54. The third-order valence-electron chi connectivity index (χ3n) is 2.81. The monoisotopic (exact) mass is 247 g/mol. The fraction of sp³-hybridized carbons (Fsp3) is 0.385. The van der Waals surface area contributed by atoms with Crippen LogP contribution in [-0.2, 0) is 6.42 Å². The van der Waals surface area contributed by atoms with Crippen LogP contribution in [0.15, 0.2) is 18.2 Å². The van der Waals surface area contributed by atoms with Crippen LogP contribution in [0, 0.1) is 13.8 Å². The molecule has 1 aromatic carbocycles. The van der Waals surface area contributed by atoms with Gasteiger partial charge in [-0.1, -0.05) is 40.7 Å². The minimum absolute atomic E-state index is 0.108. The summed E-state index contributed by atoms with van der Waals surface area (Å²) in [6, 6.07) is 6.32. The number of aromatic nitrogens is 2. The average molecular weight is 247 g/mol. The van der Waals surface area contributed by atoms with Crippen molar-refractivity contribution in [3.05, 3.63) is 45.5 Å². The van der Waals surface area contributed by atoms with Crippen LogP contribution in [0.1, 0.15) is 40.2 Å². The van der Waals surface area contributed by atoms with E-state index in [1.807, 2.05) is 0 Å². The van der Waals surface area contributed by atoms with Gasteiger partial charge in [0.2, 0.25) is 0 Å². The number of benzene rings is 1. The maximum absolute atomic E-state index is 6.31. The van der Waals surface area contributed by atoms with Gasteiger partial charge in [-0.15, -0.1) is 5.10 Å². The first kappa shape index (κ1) is 12.2. The maximum Gasteiger partial charge on any atom is 0.0804 e. The summed E-state index contributed by atoms with van der Waals surface area (Å²) in [4.78, 5) is 1.08. The smallest absolute Gasteiger partial charge is 0.0804 e. The number of rotatable bonds is 3. The van der Waals surface area contributed by atoms with Gasteiger partial charge in [0.1, 0.15) is 0 Å². The number of hydrogen-bond donors (Lipinski definition) is 1. The molecule has 0 fully saturated rings. The van der Waals surface area contributed by atoms with Gasteiger partial charge in [-0.25, -0.2) is 0 Å². The highest BCUT2D eigenvalue weighted by Crippen LogP contribution is 2.26. The van der Waals surface area contributed by atoms with E-state index in [0.29, 0.717) is 0 Å². The highest BCUT2D eigenvalue weighted by Gasteiger charge is 2.16. The predicted molar refractivity (Wildman–Crippen MR) is 71.2 cm³/mol. The van der Waals surface area contributed by atoms with Gasteiger partial charge in [-0.3, -0.25) is 0 Å². The van der Waals surface area contributed by atoms with Gasteiger partial charge < -0.3 is 5.73 Å². The lowest BCUT2D eigenvalue weighted by Crippen LogP contribution is -2.12. The summed E-state index contributed by atoms with van der Waals surface area (Å²) < 4.78 is 4.00. The van der Waals surface area contributed by atoms with Crippen molar-refractivity contribution >= 4 is 11.5 Å². The van der Waals surface area contributed by atoms with Crippen molar-refractivity contribution in [2.75, 3.05) is 0 Å². The molecule has 2 aromatic rings. The second kappa shape index (κ2) is 4.94. The molecule has 1 aromatic heterocycles. The van der Waals surface area contributed by atoms with E-state index < -0.39 is 0 Å². The van der Waals surface area contributed by atoms with E-state index in [1.54, 1.807) is 0 Å². The molecule has 2 N–H and O–H groups in total. The van der Waals surface area contributed by atoms with E-state index in [2.05, 4.69) is 48.6 Å². The van der Waals surface area contributed by atoms with Crippen molar-refractivity contribution in [1.82, 2.24) is 9.59 Å². The quantitative estimate of drug-likeness (QED) is 0.907. The molecule has 2 rings (SSSR count). The molecule has 90 valence electrons. The van der Waals surface area contributed by atoms with Crippen LogP contribution in [0.2, 0.25) is 0 Å². The Morgan fingerprint density at radius 3 is 2.47 bits per heavy atom.